The number of Topliss-reactive ketones (excluding diaryl/α,β-unsaturated/α-hetero) is 1. The van der Waals surface area contributed by atoms with Gasteiger partial charge in [-0.2, -0.15) is 0 Å². The van der Waals surface area contributed by atoms with E-state index in [1.54, 1.807) is 30.2 Å². The van der Waals surface area contributed by atoms with Crippen LogP contribution in [0.3, 0.4) is 0 Å². The molecule has 1 amide bonds. The Hall–Kier alpha value is -3.28. The number of hydrogen-bond donors (Lipinski definition) is 1. The maximum absolute atomic E-state index is 13.8. The smallest absolute Gasteiger partial charge is 0.290 e. The number of methoxy groups -OCH3 is 1. The van der Waals surface area contributed by atoms with E-state index in [1.165, 1.54) is 0 Å². The number of benzene rings is 2. The zero-order valence-electron chi connectivity index (χ0n) is 19.9. The third kappa shape index (κ3) is 3.85. The number of fused-ring (bicyclic) bond motifs is 1. The molecule has 2 heterocycles. The molecule has 6 heteroatoms. The van der Waals surface area contributed by atoms with Crippen molar-refractivity contribution in [3.63, 3.8) is 0 Å². The van der Waals surface area contributed by atoms with Gasteiger partial charge < -0.3 is 19.5 Å². The lowest BCUT2D eigenvalue weighted by molar-refractivity contribution is -0.138. The molecule has 5 atom stereocenters. The molecule has 1 aliphatic carbocycles. The van der Waals surface area contributed by atoms with Gasteiger partial charge in [0.2, 0.25) is 0 Å². The number of carbonyl (C=O) groups excluding carboxylic acids is 2. The molecule has 5 unspecified atom stereocenters. The summed E-state index contributed by atoms with van der Waals surface area (Å²) in [7, 11) is 1.63. The number of amides is 1. The molecule has 0 radical (unpaired) electrons. The number of hydrogen-bond acceptors (Lipinski definition) is 5. The van der Waals surface area contributed by atoms with Gasteiger partial charge in [-0.1, -0.05) is 38.1 Å². The van der Waals surface area contributed by atoms with Crippen molar-refractivity contribution < 1.29 is 24.2 Å². The van der Waals surface area contributed by atoms with Crippen LogP contribution < -0.4 is 4.74 Å². The number of rotatable bonds is 5. The molecule has 34 heavy (non-hydrogen) atoms. The summed E-state index contributed by atoms with van der Waals surface area (Å²) in [6.07, 6.45) is 2.14. The molecule has 178 valence electrons. The van der Waals surface area contributed by atoms with Crippen molar-refractivity contribution in [1.82, 2.24) is 4.90 Å². The lowest BCUT2D eigenvalue weighted by Gasteiger charge is -2.41. The zero-order chi connectivity index (χ0) is 24.0. The fourth-order valence-electron chi connectivity index (χ4n) is 5.94. The fraction of sp³-hybridized carbons (Fsp3) is 0.429. The molecule has 2 aromatic carbocycles. The Morgan fingerprint density at radius 3 is 2.56 bits per heavy atom. The third-order valence-electron chi connectivity index (χ3n) is 7.52. The van der Waals surface area contributed by atoms with Gasteiger partial charge in [0, 0.05) is 6.54 Å². The molecule has 5 rings (SSSR count). The van der Waals surface area contributed by atoms with Crippen molar-refractivity contribution in [2.45, 2.75) is 45.3 Å². The minimum Gasteiger partial charge on any atom is -0.508 e. The van der Waals surface area contributed by atoms with Gasteiger partial charge in [0.1, 0.15) is 17.6 Å². The van der Waals surface area contributed by atoms with Crippen LogP contribution in [-0.4, -0.2) is 41.5 Å². The highest BCUT2D eigenvalue weighted by Gasteiger charge is 2.53. The van der Waals surface area contributed by atoms with Crippen LogP contribution in [0.5, 0.6) is 11.5 Å². The minimum absolute atomic E-state index is 0.0262. The average molecular weight is 462 g/mol. The maximum atomic E-state index is 13.8. The minimum atomic E-state index is -0.561. The highest BCUT2D eigenvalue weighted by atomic mass is 16.5. The predicted octanol–water partition coefficient (Wildman–Crippen LogP) is 4.43. The summed E-state index contributed by atoms with van der Waals surface area (Å²) in [6.45, 7) is 4.72. The molecular formula is C28H31NO5. The molecule has 3 aliphatic rings. The summed E-state index contributed by atoms with van der Waals surface area (Å²) in [5.74, 6) is 1.30. The first-order valence-electron chi connectivity index (χ1n) is 12.0. The Morgan fingerprint density at radius 1 is 1.09 bits per heavy atom. The van der Waals surface area contributed by atoms with E-state index in [4.69, 9.17) is 9.47 Å². The van der Waals surface area contributed by atoms with E-state index < -0.39 is 6.04 Å². The van der Waals surface area contributed by atoms with Gasteiger partial charge in [-0.05, 0) is 66.5 Å². The van der Waals surface area contributed by atoms with Gasteiger partial charge >= 0.3 is 0 Å². The number of ether oxygens (including phenoxy) is 2. The summed E-state index contributed by atoms with van der Waals surface area (Å²) in [5, 5.41) is 10.2. The first-order valence-corrected chi connectivity index (χ1v) is 12.0. The van der Waals surface area contributed by atoms with Crippen LogP contribution in [0, 0.1) is 17.8 Å². The highest BCUT2D eigenvalue weighted by molar-refractivity contribution is 6.11. The molecule has 0 bridgehead atoms. The van der Waals surface area contributed by atoms with E-state index >= 15 is 0 Å². The topological polar surface area (TPSA) is 76.1 Å². The Kier molecular flexibility index (Phi) is 5.84. The summed E-state index contributed by atoms with van der Waals surface area (Å²) in [4.78, 5) is 29.2. The molecule has 1 saturated carbocycles. The van der Waals surface area contributed by atoms with Gasteiger partial charge in [-0.25, -0.2) is 0 Å². The van der Waals surface area contributed by atoms with Crippen LogP contribution in [0.25, 0.3) is 0 Å². The van der Waals surface area contributed by atoms with Gasteiger partial charge in [0.25, 0.3) is 5.91 Å². The molecule has 2 aromatic rings. The number of phenolic OH excluding ortho intramolecular Hbond substituents is 1. The predicted molar refractivity (Wildman–Crippen MR) is 127 cm³/mol. The quantitative estimate of drug-likeness (QED) is 0.713. The van der Waals surface area contributed by atoms with E-state index in [0.717, 1.165) is 29.7 Å². The molecular weight excluding hydrogens is 430 g/mol. The Morgan fingerprint density at radius 2 is 1.85 bits per heavy atom. The Labute approximate surface area is 200 Å². The standard InChI is InChI=1S/C28H31NO5/c1-16-13-17(2)26-22(14-16)25(31)23-24(19-5-4-6-20(30)15-19)29(28(32)27(23)34-26)12-11-18-7-9-21(33-3)10-8-18/h4-10,15-17,22,24,26,30H,11-14H2,1-3H3. The molecule has 0 saturated heterocycles. The first-order chi connectivity index (χ1) is 16.4. The van der Waals surface area contributed by atoms with Crippen molar-refractivity contribution in [3.05, 3.63) is 71.0 Å². The lowest BCUT2D eigenvalue weighted by Crippen LogP contribution is -2.45. The van der Waals surface area contributed by atoms with Crippen molar-refractivity contribution in [2.75, 3.05) is 13.7 Å². The van der Waals surface area contributed by atoms with Crippen LogP contribution in [-0.2, 0) is 20.7 Å². The fourth-order valence-corrected chi connectivity index (χ4v) is 5.94. The van der Waals surface area contributed by atoms with E-state index in [2.05, 4.69) is 13.8 Å². The first kappa shape index (κ1) is 22.5. The van der Waals surface area contributed by atoms with Crippen LogP contribution in [0.1, 0.15) is 43.9 Å². The number of nitrogens with zero attached hydrogens (tertiary/aromatic N) is 1. The van der Waals surface area contributed by atoms with Gasteiger partial charge in [-0.15, -0.1) is 0 Å². The molecule has 2 aliphatic heterocycles. The number of aromatic hydroxyl groups is 1. The maximum Gasteiger partial charge on any atom is 0.290 e. The second-order valence-electron chi connectivity index (χ2n) is 9.94. The monoisotopic (exact) mass is 461 g/mol. The molecule has 1 N–H and O–H groups in total. The Bertz CT molecular complexity index is 1140. The van der Waals surface area contributed by atoms with E-state index in [0.29, 0.717) is 24.5 Å². The van der Waals surface area contributed by atoms with E-state index in [-0.39, 0.29) is 41.1 Å². The number of ketones is 1. The third-order valence-corrected chi connectivity index (χ3v) is 7.52. The second-order valence-corrected chi connectivity index (χ2v) is 9.94. The van der Waals surface area contributed by atoms with Gasteiger partial charge in [0.15, 0.2) is 11.5 Å². The number of carbonyl (C=O) groups is 2. The summed E-state index contributed by atoms with van der Waals surface area (Å²) >= 11 is 0. The van der Waals surface area contributed by atoms with Crippen molar-refractivity contribution in [2.24, 2.45) is 17.8 Å². The van der Waals surface area contributed by atoms with E-state index in [9.17, 15) is 14.7 Å². The van der Waals surface area contributed by atoms with Crippen LogP contribution in [0.2, 0.25) is 0 Å². The number of phenols is 1. The lowest BCUT2D eigenvalue weighted by atomic mass is 9.70. The van der Waals surface area contributed by atoms with E-state index in [1.807, 2.05) is 30.3 Å². The molecule has 6 nitrogen and oxygen atoms in total. The SMILES string of the molecule is COc1ccc(CCN2C(=O)C3=C(C(=O)C4CC(C)CC(C)C4O3)C2c2cccc(O)c2)cc1. The van der Waals surface area contributed by atoms with Crippen LogP contribution in [0.4, 0.5) is 0 Å². The zero-order valence-corrected chi connectivity index (χ0v) is 19.9. The molecule has 0 spiro atoms. The summed E-state index contributed by atoms with van der Waals surface area (Å²) in [6, 6.07) is 14.0. The molecule has 1 fully saturated rings. The normalized spacial score (nSPS) is 28.4. The van der Waals surface area contributed by atoms with Crippen molar-refractivity contribution in [3.8, 4) is 11.5 Å². The largest absolute Gasteiger partial charge is 0.508 e. The molecule has 0 aromatic heterocycles. The highest BCUT2D eigenvalue weighted by Crippen LogP contribution is 2.49. The van der Waals surface area contributed by atoms with Gasteiger partial charge in [-0.3, -0.25) is 9.59 Å². The average Bonchev–Trinajstić information content (AvgIpc) is 3.10. The van der Waals surface area contributed by atoms with Gasteiger partial charge in [0.05, 0.1) is 24.6 Å². The summed E-state index contributed by atoms with van der Waals surface area (Å²) in [5.41, 5.74) is 2.24. The summed E-state index contributed by atoms with van der Waals surface area (Å²) < 4.78 is 11.6. The van der Waals surface area contributed by atoms with Crippen LogP contribution >= 0.6 is 0 Å². The van der Waals surface area contributed by atoms with Crippen molar-refractivity contribution in [1.29, 1.82) is 0 Å². The van der Waals surface area contributed by atoms with Crippen molar-refractivity contribution >= 4 is 11.7 Å². The second kappa shape index (κ2) is 8.82. The Balaban J connectivity index is 1.50. The van der Waals surface area contributed by atoms with Crippen LogP contribution in [0.15, 0.2) is 59.9 Å².